The fourth-order valence-corrected chi connectivity index (χ4v) is 1.92. The Morgan fingerprint density at radius 2 is 1.48 bits per heavy atom. The predicted octanol–water partition coefficient (Wildman–Crippen LogP) is 2.24. The molecule has 2 unspecified atom stereocenters. The van der Waals surface area contributed by atoms with Gasteiger partial charge in [0, 0.05) is 19.8 Å². The van der Waals surface area contributed by atoms with Gasteiger partial charge in [0.05, 0.1) is 13.2 Å². The van der Waals surface area contributed by atoms with Crippen LogP contribution in [0.1, 0.15) is 59.8 Å². The Morgan fingerprint density at radius 1 is 0.960 bits per heavy atom. The summed E-state index contributed by atoms with van der Waals surface area (Å²) in [6.45, 7) is 9.31. The predicted molar refractivity (Wildman–Crippen MR) is 96.6 cm³/mol. The summed E-state index contributed by atoms with van der Waals surface area (Å²) in [6.07, 6.45) is 2.37. The molecular formula is C18H37NO6. The van der Waals surface area contributed by atoms with E-state index in [0.717, 1.165) is 32.1 Å². The summed E-state index contributed by atoms with van der Waals surface area (Å²) in [5.41, 5.74) is -0.496. The Balaban J connectivity index is 3.50. The summed E-state index contributed by atoms with van der Waals surface area (Å²) in [5.74, 6) is 0. The minimum absolute atomic E-state index is 0.0684. The van der Waals surface area contributed by atoms with Crippen molar-refractivity contribution in [1.29, 1.82) is 0 Å². The zero-order chi connectivity index (χ0) is 19.1. The third kappa shape index (κ3) is 16.3. The molecule has 0 aromatic carbocycles. The number of carbonyl (C=O) groups is 1. The number of aliphatic hydroxyl groups excluding tert-OH is 2. The second kappa shape index (κ2) is 14.3. The number of unbranched alkanes of at least 4 members (excludes halogenated alkanes) is 3. The Hall–Kier alpha value is -0.890. The van der Waals surface area contributed by atoms with Gasteiger partial charge in [0.2, 0.25) is 0 Å². The maximum absolute atomic E-state index is 11.4. The first-order valence-corrected chi connectivity index (χ1v) is 9.24. The van der Waals surface area contributed by atoms with Gasteiger partial charge in [-0.3, -0.25) is 0 Å². The normalized spacial score (nSPS) is 14.2. The molecule has 0 saturated carbocycles. The van der Waals surface area contributed by atoms with Crippen LogP contribution < -0.4 is 5.32 Å². The van der Waals surface area contributed by atoms with Gasteiger partial charge in [-0.2, -0.15) is 0 Å². The average molecular weight is 363 g/mol. The number of amides is 1. The lowest BCUT2D eigenvalue weighted by molar-refractivity contribution is -0.0710. The number of aliphatic hydroxyl groups is 2. The van der Waals surface area contributed by atoms with E-state index in [0.29, 0.717) is 19.8 Å². The molecule has 0 aliphatic heterocycles. The SMILES string of the molecule is CCCCCOCC(O)C(O)COCCCCNC(=O)OC(C)(C)C. The maximum Gasteiger partial charge on any atom is 0.407 e. The lowest BCUT2D eigenvalue weighted by Gasteiger charge is -2.19. The lowest BCUT2D eigenvalue weighted by Crippen LogP contribution is -2.34. The van der Waals surface area contributed by atoms with Crippen LogP contribution in [0.5, 0.6) is 0 Å². The largest absolute Gasteiger partial charge is 0.444 e. The number of ether oxygens (including phenoxy) is 3. The Labute approximate surface area is 152 Å². The van der Waals surface area contributed by atoms with Crippen LogP contribution in [-0.2, 0) is 14.2 Å². The summed E-state index contributed by atoms with van der Waals surface area (Å²) in [6, 6.07) is 0. The fourth-order valence-electron chi connectivity index (χ4n) is 1.92. The van der Waals surface area contributed by atoms with Gasteiger partial charge in [0.25, 0.3) is 0 Å². The minimum Gasteiger partial charge on any atom is -0.444 e. The summed E-state index contributed by atoms with van der Waals surface area (Å²) < 4.78 is 15.8. The van der Waals surface area contributed by atoms with Crippen LogP contribution in [0.3, 0.4) is 0 Å². The summed E-state index contributed by atoms with van der Waals surface area (Å²) in [7, 11) is 0. The van der Waals surface area contributed by atoms with Crippen LogP contribution in [-0.4, -0.2) is 67.1 Å². The van der Waals surface area contributed by atoms with E-state index in [1.807, 2.05) is 20.8 Å². The summed E-state index contributed by atoms with van der Waals surface area (Å²) in [4.78, 5) is 11.4. The second-order valence-electron chi connectivity index (χ2n) is 7.13. The number of rotatable bonds is 14. The number of carbonyl (C=O) groups excluding carboxylic acids is 1. The average Bonchev–Trinajstić information content (AvgIpc) is 2.51. The Bertz CT molecular complexity index is 332. The van der Waals surface area contributed by atoms with E-state index in [-0.39, 0.29) is 13.2 Å². The van der Waals surface area contributed by atoms with Crippen molar-refractivity contribution >= 4 is 6.09 Å². The van der Waals surface area contributed by atoms with E-state index >= 15 is 0 Å². The fraction of sp³-hybridized carbons (Fsp3) is 0.944. The highest BCUT2D eigenvalue weighted by molar-refractivity contribution is 5.67. The van der Waals surface area contributed by atoms with Gasteiger partial charge in [-0.25, -0.2) is 4.79 Å². The van der Waals surface area contributed by atoms with Crippen molar-refractivity contribution < 1.29 is 29.2 Å². The smallest absolute Gasteiger partial charge is 0.407 e. The number of alkyl carbamates (subject to hydrolysis) is 1. The van der Waals surface area contributed by atoms with E-state index in [2.05, 4.69) is 12.2 Å². The molecule has 25 heavy (non-hydrogen) atoms. The van der Waals surface area contributed by atoms with Crippen molar-refractivity contribution in [2.24, 2.45) is 0 Å². The van der Waals surface area contributed by atoms with E-state index in [9.17, 15) is 15.0 Å². The van der Waals surface area contributed by atoms with Crippen LogP contribution in [0, 0.1) is 0 Å². The highest BCUT2D eigenvalue weighted by Gasteiger charge is 2.17. The molecule has 0 bridgehead atoms. The molecule has 1 amide bonds. The molecule has 0 aromatic heterocycles. The summed E-state index contributed by atoms with van der Waals surface area (Å²) in [5, 5.41) is 22.2. The van der Waals surface area contributed by atoms with Crippen LogP contribution in [0.25, 0.3) is 0 Å². The molecule has 7 heteroatoms. The molecule has 0 aliphatic rings. The quantitative estimate of drug-likeness (QED) is 0.410. The molecular weight excluding hydrogens is 326 g/mol. The molecule has 0 heterocycles. The number of hydrogen-bond acceptors (Lipinski definition) is 6. The molecule has 0 saturated heterocycles. The third-order valence-electron chi connectivity index (χ3n) is 3.30. The zero-order valence-corrected chi connectivity index (χ0v) is 16.3. The second-order valence-corrected chi connectivity index (χ2v) is 7.13. The molecule has 2 atom stereocenters. The van der Waals surface area contributed by atoms with Gasteiger partial charge in [0.1, 0.15) is 17.8 Å². The zero-order valence-electron chi connectivity index (χ0n) is 16.3. The van der Waals surface area contributed by atoms with Crippen LogP contribution in [0.15, 0.2) is 0 Å². The van der Waals surface area contributed by atoms with Crippen molar-refractivity contribution in [3.63, 3.8) is 0 Å². The van der Waals surface area contributed by atoms with E-state index in [1.165, 1.54) is 0 Å². The minimum atomic E-state index is -0.953. The van der Waals surface area contributed by atoms with E-state index in [1.54, 1.807) is 0 Å². The highest BCUT2D eigenvalue weighted by atomic mass is 16.6. The standard InChI is InChI=1S/C18H37NO6/c1-5-6-8-11-23-13-15(20)16(21)14-24-12-9-7-10-19-17(22)25-18(2,3)4/h15-16,20-21H,5-14H2,1-4H3,(H,19,22). The first kappa shape index (κ1) is 24.1. The molecule has 7 nitrogen and oxygen atoms in total. The molecule has 0 radical (unpaired) electrons. The molecule has 0 aliphatic carbocycles. The molecule has 0 fully saturated rings. The van der Waals surface area contributed by atoms with Gasteiger partial charge in [-0.15, -0.1) is 0 Å². The van der Waals surface area contributed by atoms with Crippen molar-refractivity contribution in [2.75, 3.05) is 33.0 Å². The van der Waals surface area contributed by atoms with Gasteiger partial charge < -0.3 is 29.7 Å². The molecule has 0 rings (SSSR count). The topological polar surface area (TPSA) is 97.3 Å². The van der Waals surface area contributed by atoms with Crippen LogP contribution >= 0.6 is 0 Å². The Kier molecular flexibility index (Phi) is 13.8. The first-order valence-electron chi connectivity index (χ1n) is 9.24. The van der Waals surface area contributed by atoms with E-state index in [4.69, 9.17) is 14.2 Å². The van der Waals surface area contributed by atoms with Crippen molar-refractivity contribution in [3.05, 3.63) is 0 Å². The maximum atomic E-state index is 11.4. The van der Waals surface area contributed by atoms with Gasteiger partial charge in [-0.05, 0) is 40.0 Å². The highest BCUT2D eigenvalue weighted by Crippen LogP contribution is 2.06. The number of hydrogen-bond donors (Lipinski definition) is 3. The molecule has 0 aromatic rings. The molecule has 150 valence electrons. The van der Waals surface area contributed by atoms with Crippen LogP contribution in [0.4, 0.5) is 4.79 Å². The summed E-state index contributed by atoms with van der Waals surface area (Å²) >= 11 is 0. The molecule has 0 spiro atoms. The van der Waals surface area contributed by atoms with Gasteiger partial charge in [-0.1, -0.05) is 19.8 Å². The third-order valence-corrected chi connectivity index (χ3v) is 3.30. The van der Waals surface area contributed by atoms with Gasteiger partial charge in [0.15, 0.2) is 0 Å². The first-order chi connectivity index (χ1) is 11.8. The molecule has 3 N–H and O–H groups in total. The number of nitrogens with one attached hydrogen (secondary N) is 1. The lowest BCUT2D eigenvalue weighted by atomic mass is 10.2. The van der Waals surface area contributed by atoms with Gasteiger partial charge >= 0.3 is 6.09 Å². The monoisotopic (exact) mass is 363 g/mol. The van der Waals surface area contributed by atoms with Crippen molar-refractivity contribution in [1.82, 2.24) is 5.32 Å². The van der Waals surface area contributed by atoms with Crippen molar-refractivity contribution in [3.8, 4) is 0 Å². The Morgan fingerprint density at radius 3 is 1.96 bits per heavy atom. The van der Waals surface area contributed by atoms with Crippen LogP contribution in [0.2, 0.25) is 0 Å². The van der Waals surface area contributed by atoms with Crippen molar-refractivity contribution in [2.45, 2.75) is 77.6 Å². The van der Waals surface area contributed by atoms with E-state index < -0.39 is 23.9 Å².